The lowest BCUT2D eigenvalue weighted by atomic mass is 10.1. The smallest absolute Gasteiger partial charge is 0.337 e. The topological polar surface area (TPSA) is 98.5 Å². The average Bonchev–Trinajstić information content (AvgIpc) is 2.37. The van der Waals surface area contributed by atoms with Gasteiger partial charge in [-0.25, -0.2) is 17.9 Å². The van der Waals surface area contributed by atoms with Gasteiger partial charge in [-0.2, -0.15) is 0 Å². The summed E-state index contributed by atoms with van der Waals surface area (Å²) in [5.41, 5.74) is 5.48. The Balaban J connectivity index is 0.00000400. The number of sulfonamides is 1. The van der Waals surface area contributed by atoms with Crippen molar-refractivity contribution in [2.45, 2.75) is 31.2 Å². The van der Waals surface area contributed by atoms with Crippen molar-refractivity contribution in [2.24, 2.45) is 5.73 Å². The summed E-state index contributed by atoms with van der Waals surface area (Å²) in [7, 11) is -2.52. The quantitative estimate of drug-likeness (QED) is 0.788. The van der Waals surface area contributed by atoms with E-state index >= 15 is 0 Å². The number of aryl methyl sites for hydroxylation is 1. The molecule has 0 aromatic heterocycles. The highest BCUT2D eigenvalue weighted by Crippen LogP contribution is 2.19. The van der Waals surface area contributed by atoms with Crippen LogP contribution in [0.2, 0.25) is 0 Å². The summed E-state index contributed by atoms with van der Waals surface area (Å²) < 4.78 is 31.9. The van der Waals surface area contributed by atoms with Gasteiger partial charge in [-0.3, -0.25) is 0 Å². The highest BCUT2D eigenvalue weighted by molar-refractivity contribution is 7.89. The molecule has 6 nitrogen and oxygen atoms in total. The van der Waals surface area contributed by atoms with Gasteiger partial charge in [0, 0.05) is 12.1 Å². The number of hydrogen-bond acceptors (Lipinski definition) is 5. The molecule has 0 radical (unpaired) electrons. The first-order chi connectivity index (χ1) is 9.13. The van der Waals surface area contributed by atoms with Crippen LogP contribution < -0.4 is 10.5 Å². The Morgan fingerprint density at radius 2 is 1.95 bits per heavy atom. The third-order valence-electron chi connectivity index (χ3n) is 2.82. The van der Waals surface area contributed by atoms with Crippen molar-refractivity contribution in [1.82, 2.24) is 4.72 Å². The fraction of sp³-hybridized carbons (Fsp3) is 0.462. The van der Waals surface area contributed by atoms with E-state index in [0.717, 1.165) is 0 Å². The molecule has 0 bridgehead atoms. The fourth-order valence-electron chi connectivity index (χ4n) is 1.59. The molecule has 0 amide bonds. The Morgan fingerprint density at radius 3 is 2.43 bits per heavy atom. The van der Waals surface area contributed by atoms with Gasteiger partial charge in [-0.05, 0) is 38.5 Å². The number of hydrogen-bond donors (Lipinski definition) is 2. The molecule has 120 valence electrons. The number of rotatable bonds is 5. The Bertz CT molecular complexity index is 615. The zero-order chi connectivity index (χ0) is 15.6. The van der Waals surface area contributed by atoms with Crippen LogP contribution in [0.5, 0.6) is 0 Å². The predicted octanol–water partition coefficient (Wildman–Crippen LogP) is 1.22. The standard InChI is InChI=1S/C13H20N2O4S.ClH/c1-9-5-6-10(12(16)19-4)7-11(9)20(17,18)15-13(2,3)8-14;/h5-7,15H,8,14H2,1-4H3;1H. The Morgan fingerprint density at radius 1 is 1.38 bits per heavy atom. The van der Waals surface area contributed by atoms with Crippen molar-refractivity contribution >= 4 is 28.4 Å². The second-order valence-electron chi connectivity index (χ2n) is 5.17. The van der Waals surface area contributed by atoms with E-state index in [-0.39, 0.29) is 29.4 Å². The van der Waals surface area contributed by atoms with Crippen molar-refractivity contribution in [1.29, 1.82) is 0 Å². The van der Waals surface area contributed by atoms with Crippen molar-refractivity contribution in [3.63, 3.8) is 0 Å². The van der Waals surface area contributed by atoms with Crippen LogP contribution in [0.3, 0.4) is 0 Å². The van der Waals surface area contributed by atoms with E-state index in [9.17, 15) is 13.2 Å². The van der Waals surface area contributed by atoms with Crippen molar-refractivity contribution in [2.75, 3.05) is 13.7 Å². The lowest BCUT2D eigenvalue weighted by Gasteiger charge is -2.24. The van der Waals surface area contributed by atoms with Gasteiger partial charge in [-0.15, -0.1) is 12.4 Å². The van der Waals surface area contributed by atoms with E-state index in [4.69, 9.17) is 5.73 Å². The third-order valence-corrected chi connectivity index (χ3v) is 4.66. The zero-order valence-electron chi connectivity index (χ0n) is 12.5. The largest absolute Gasteiger partial charge is 0.465 e. The normalized spacial score (nSPS) is 11.7. The van der Waals surface area contributed by atoms with Crippen LogP contribution in [0.4, 0.5) is 0 Å². The Hall–Kier alpha value is -1.15. The van der Waals surface area contributed by atoms with Crippen molar-refractivity contribution < 1.29 is 17.9 Å². The van der Waals surface area contributed by atoms with Gasteiger partial charge in [0.2, 0.25) is 10.0 Å². The molecule has 0 spiro atoms. The number of halogens is 1. The van der Waals surface area contributed by atoms with E-state index < -0.39 is 21.5 Å². The molecular weight excluding hydrogens is 316 g/mol. The molecule has 3 N–H and O–H groups in total. The Kier molecular flexibility index (Phi) is 6.82. The lowest BCUT2D eigenvalue weighted by molar-refractivity contribution is 0.0600. The maximum Gasteiger partial charge on any atom is 0.337 e. The number of nitrogens with two attached hydrogens (primary N) is 1. The summed E-state index contributed by atoms with van der Waals surface area (Å²) in [4.78, 5) is 11.5. The number of carbonyl (C=O) groups is 1. The first-order valence-corrected chi connectivity index (χ1v) is 7.54. The molecule has 0 aliphatic heterocycles. The molecule has 0 fully saturated rings. The third kappa shape index (κ3) is 4.96. The molecule has 0 aliphatic carbocycles. The zero-order valence-corrected chi connectivity index (χ0v) is 14.1. The van der Waals surface area contributed by atoms with Gasteiger partial charge in [0.25, 0.3) is 0 Å². The van der Waals surface area contributed by atoms with Crippen LogP contribution in [0, 0.1) is 6.92 Å². The van der Waals surface area contributed by atoms with Crippen LogP contribution in [-0.4, -0.2) is 33.6 Å². The van der Waals surface area contributed by atoms with Crippen LogP contribution >= 0.6 is 12.4 Å². The molecule has 21 heavy (non-hydrogen) atoms. The number of esters is 1. The maximum absolute atomic E-state index is 12.4. The van der Waals surface area contributed by atoms with Crippen LogP contribution in [0.15, 0.2) is 23.1 Å². The van der Waals surface area contributed by atoms with E-state index in [1.54, 1.807) is 26.8 Å². The second kappa shape index (κ2) is 7.22. The molecule has 8 heteroatoms. The minimum absolute atomic E-state index is 0. The second-order valence-corrected chi connectivity index (χ2v) is 6.82. The van der Waals surface area contributed by atoms with Crippen molar-refractivity contribution in [3.8, 4) is 0 Å². The van der Waals surface area contributed by atoms with Crippen LogP contribution in [0.25, 0.3) is 0 Å². The molecule has 0 unspecified atom stereocenters. The summed E-state index contributed by atoms with van der Waals surface area (Å²) in [6, 6.07) is 4.39. The number of nitrogens with one attached hydrogen (secondary N) is 1. The molecule has 0 heterocycles. The number of methoxy groups -OCH3 is 1. The van der Waals surface area contributed by atoms with E-state index in [2.05, 4.69) is 9.46 Å². The van der Waals surface area contributed by atoms with Gasteiger partial charge in [0.15, 0.2) is 0 Å². The van der Waals surface area contributed by atoms with E-state index in [1.807, 2.05) is 0 Å². The molecule has 0 saturated heterocycles. The summed E-state index contributed by atoms with van der Waals surface area (Å²) in [6.07, 6.45) is 0. The monoisotopic (exact) mass is 336 g/mol. The minimum atomic E-state index is -3.76. The first-order valence-electron chi connectivity index (χ1n) is 6.06. The Labute approximate surface area is 131 Å². The van der Waals surface area contributed by atoms with E-state index in [0.29, 0.717) is 5.56 Å². The summed E-state index contributed by atoms with van der Waals surface area (Å²) in [6.45, 7) is 5.18. The molecule has 0 saturated carbocycles. The molecule has 1 rings (SSSR count). The molecule has 0 atom stereocenters. The fourth-order valence-corrected chi connectivity index (χ4v) is 3.29. The lowest BCUT2D eigenvalue weighted by Crippen LogP contribution is -2.48. The average molecular weight is 337 g/mol. The van der Waals surface area contributed by atoms with Crippen LogP contribution in [0.1, 0.15) is 29.8 Å². The van der Waals surface area contributed by atoms with Crippen molar-refractivity contribution in [3.05, 3.63) is 29.3 Å². The van der Waals surface area contributed by atoms with Gasteiger partial charge >= 0.3 is 5.97 Å². The van der Waals surface area contributed by atoms with Crippen LogP contribution in [-0.2, 0) is 14.8 Å². The molecule has 1 aromatic carbocycles. The molecular formula is C13H21ClN2O4S. The molecule has 0 aliphatic rings. The van der Waals surface area contributed by atoms with E-state index in [1.165, 1.54) is 19.2 Å². The maximum atomic E-state index is 12.4. The summed E-state index contributed by atoms with van der Waals surface area (Å²) >= 11 is 0. The summed E-state index contributed by atoms with van der Waals surface area (Å²) in [5, 5.41) is 0. The first kappa shape index (κ1) is 19.9. The number of ether oxygens (including phenoxy) is 1. The van der Waals surface area contributed by atoms with Gasteiger partial charge in [-0.1, -0.05) is 6.07 Å². The highest BCUT2D eigenvalue weighted by atomic mass is 35.5. The number of benzene rings is 1. The summed E-state index contributed by atoms with van der Waals surface area (Å²) in [5.74, 6) is -0.584. The SMILES string of the molecule is COC(=O)c1ccc(C)c(S(=O)(=O)NC(C)(C)CN)c1.Cl. The highest BCUT2D eigenvalue weighted by Gasteiger charge is 2.26. The number of carbonyl (C=O) groups excluding carboxylic acids is 1. The minimum Gasteiger partial charge on any atom is -0.465 e. The predicted molar refractivity (Wildman–Crippen MR) is 83.2 cm³/mol. The van der Waals surface area contributed by atoms with Gasteiger partial charge in [0.05, 0.1) is 17.6 Å². The van der Waals surface area contributed by atoms with Gasteiger partial charge < -0.3 is 10.5 Å². The molecule has 1 aromatic rings. The van der Waals surface area contributed by atoms with Gasteiger partial charge in [0.1, 0.15) is 0 Å².